The van der Waals surface area contributed by atoms with E-state index in [1.165, 1.54) is 0 Å². The summed E-state index contributed by atoms with van der Waals surface area (Å²) in [6, 6.07) is 0. The monoisotopic (exact) mass is 216 g/mol. The zero-order valence-electron chi connectivity index (χ0n) is 8.01. The molecule has 0 aliphatic carbocycles. The van der Waals surface area contributed by atoms with Crippen molar-refractivity contribution >= 4 is 24.0 Å². The Labute approximate surface area is 85.9 Å². The van der Waals surface area contributed by atoms with Crippen molar-refractivity contribution in [2.24, 2.45) is 5.92 Å². The third kappa shape index (κ3) is 6.36. The molecule has 84 valence electrons. The molecular formula is C9H12O6. The van der Waals surface area contributed by atoms with E-state index in [2.05, 4.69) is 0 Å². The number of carbonyl (C=O) groups is 4. The van der Waals surface area contributed by atoms with Gasteiger partial charge >= 0.3 is 11.9 Å². The molecular weight excluding hydrogens is 204 g/mol. The van der Waals surface area contributed by atoms with E-state index in [1.807, 2.05) is 0 Å². The number of Topliss-reactive ketones (excluding diaryl/α,β-unsaturated/α-hetero) is 1. The molecule has 6 heteroatoms. The third-order valence-corrected chi connectivity index (χ3v) is 1.88. The number of hydrogen-bond acceptors (Lipinski definition) is 4. The first-order valence-corrected chi connectivity index (χ1v) is 4.40. The quantitative estimate of drug-likeness (QED) is 0.440. The largest absolute Gasteiger partial charge is 0.481 e. The first-order chi connectivity index (χ1) is 6.97. The smallest absolute Gasteiger partial charge is 0.304 e. The first kappa shape index (κ1) is 13.3. The van der Waals surface area contributed by atoms with Crippen LogP contribution in [0, 0.1) is 5.92 Å². The predicted octanol–water partition coefficient (Wildman–Crippen LogP) is 0.100. The van der Waals surface area contributed by atoms with Crippen molar-refractivity contribution in [1.82, 2.24) is 0 Å². The van der Waals surface area contributed by atoms with Crippen molar-refractivity contribution in [3.8, 4) is 0 Å². The summed E-state index contributed by atoms with van der Waals surface area (Å²) in [5.74, 6) is -3.88. The lowest BCUT2D eigenvalue weighted by atomic mass is 9.94. The van der Waals surface area contributed by atoms with Crippen LogP contribution < -0.4 is 0 Å². The fourth-order valence-electron chi connectivity index (χ4n) is 1.15. The molecule has 0 spiro atoms. The summed E-state index contributed by atoms with van der Waals surface area (Å²) in [5.41, 5.74) is 0. The van der Waals surface area contributed by atoms with Crippen LogP contribution in [-0.4, -0.2) is 34.2 Å². The highest BCUT2D eigenvalue weighted by atomic mass is 16.4. The Morgan fingerprint density at radius 1 is 1.13 bits per heavy atom. The first-order valence-electron chi connectivity index (χ1n) is 4.40. The van der Waals surface area contributed by atoms with Gasteiger partial charge in [0.05, 0.1) is 6.42 Å². The van der Waals surface area contributed by atoms with Crippen molar-refractivity contribution in [3.63, 3.8) is 0 Å². The van der Waals surface area contributed by atoms with E-state index in [-0.39, 0.29) is 25.5 Å². The molecule has 0 aromatic carbocycles. The van der Waals surface area contributed by atoms with E-state index in [1.54, 1.807) is 0 Å². The number of aldehydes is 1. The Kier molecular flexibility index (Phi) is 5.92. The van der Waals surface area contributed by atoms with Gasteiger partial charge in [-0.3, -0.25) is 19.2 Å². The van der Waals surface area contributed by atoms with Crippen LogP contribution >= 0.6 is 0 Å². The third-order valence-electron chi connectivity index (χ3n) is 1.88. The van der Waals surface area contributed by atoms with Crippen LogP contribution in [0.15, 0.2) is 0 Å². The second-order valence-corrected chi connectivity index (χ2v) is 3.10. The molecule has 0 rings (SSSR count). The van der Waals surface area contributed by atoms with Gasteiger partial charge in [-0.15, -0.1) is 0 Å². The van der Waals surface area contributed by atoms with Crippen LogP contribution in [0.2, 0.25) is 0 Å². The Hall–Kier alpha value is -1.72. The summed E-state index contributed by atoms with van der Waals surface area (Å²) in [7, 11) is 0. The lowest BCUT2D eigenvalue weighted by Crippen LogP contribution is -2.19. The molecule has 0 saturated carbocycles. The van der Waals surface area contributed by atoms with E-state index < -0.39 is 30.1 Å². The second-order valence-electron chi connectivity index (χ2n) is 3.10. The molecule has 0 heterocycles. The summed E-state index contributed by atoms with van der Waals surface area (Å²) >= 11 is 0. The number of ketones is 1. The Balaban J connectivity index is 4.12. The molecule has 6 nitrogen and oxygen atoms in total. The lowest BCUT2D eigenvalue weighted by Gasteiger charge is -2.08. The average molecular weight is 216 g/mol. The Morgan fingerprint density at radius 3 is 2.13 bits per heavy atom. The lowest BCUT2D eigenvalue weighted by molar-refractivity contribution is -0.141. The number of aliphatic carboxylic acids is 2. The minimum atomic E-state index is -1.18. The van der Waals surface area contributed by atoms with E-state index in [0.717, 1.165) is 0 Å². The van der Waals surface area contributed by atoms with Crippen LogP contribution in [0.25, 0.3) is 0 Å². The van der Waals surface area contributed by atoms with Gasteiger partial charge in [0.25, 0.3) is 0 Å². The van der Waals surface area contributed by atoms with Gasteiger partial charge in [0, 0.05) is 12.3 Å². The van der Waals surface area contributed by atoms with Gasteiger partial charge in [-0.25, -0.2) is 0 Å². The zero-order chi connectivity index (χ0) is 11.8. The van der Waals surface area contributed by atoms with Crippen LogP contribution in [-0.2, 0) is 19.2 Å². The molecule has 0 saturated heterocycles. The van der Waals surface area contributed by atoms with Gasteiger partial charge in [0.15, 0.2) is 12.1 Å². The number of hydrogen-bond donors (Lipinski definition) is 2. The second kappa shape index (κ2) is 6.69. The molecule has 0 amide bonds. The zero-order valence-corrected chi connectivity index (χ0v) is 8.01. The minimum Gasteiger partial charge on any atom is -0.481 e. The van der Waals surface area contributed by atoms with Crippen molar-refractivity contribution in [1.29, 1.82) is 0 Å². The molecule has 0 aliphatic heterocycles. The SMILES string of the molecule is O=CC(=O)C(CCCC(=O)O)CC(=O)O. The van der Waals surface area contributed by atoms with Gasteiger partial charge in [-0.1, -0.05) is 0 Å². The van der Waals surface area contributed by atoms with E-state index >= 15 is 0 Å². The molecule has 1 unspecified atom stereocenters. The highest BCUT2D eigenvalue weighted by Gasteiger charge is 2.20. The van der Waals surface area contributed by atoms with Crippen LogP contribution in [0.5, 0.6) is 0 Å². The fraction of sp³-hybridized carbons (Fsp3) is 0.556. The molecule has 0 aliphatic rings. The number of carboxylic acids is 2. The molecule has 0 aromatic heterocycles. The summed E-state index contributed by atoms with van der Waals surface area (Å²) in [6.07, 6.45) is -0.198. The molecule has 15 heavy (non-hydrogen) atoms. The maximum atomic E-state index is 10.9. The Bertz CT molecular complexity index is 270. The van der Waals surface area contributed by atoms with Gasteiger partial charge in [0.2, 0.25) is 0 Å². The standard InChI is InChI=1S/C9H12O6/c10-5-7(11)6(4-9(14)15)2-1-3-8(12)13/h5-6H,1-4H2,(H,12,13)(H,14,15). The summed E-state index contributed by atoms with van der Waals surface area (Å²) in [4.78, 5) is 41.6. The molecule has 0 aromatic rings. The topological polar surface area (TPSA) is 109 Å². The van der Waals surface area contributed by atoms with E-state index in [0.29, 0.717) is 0 Å². The van der Waals surface area contributed by atoms with Crippen molar-refractivity contribution in [2.75, 3.05) is 0 Å². The summed E-state index contributed by atoms with van der Waals surface area (Å²) in [5, 5.41) is 16.8. The highest BCUT2D eigenvalue weighted by molar-refractivity contribution is 6.26. The maximum Gasteiger partial charge on any atom is 0.304 e. The van der Waals surface area contributed by atoms with Crippen LogP contribution in [0.4, 0.5) is 0 Å². The van der Waals surface area contributed by atoms with Gasteiger partial charge in [-0.2, -0.15) is 0 Å². The molecule has 1 atom stereocenters. The molecule has 0 radical (unpaired) electrons. The van der Waals surface area contributed by atoms with Gasteiger partial charge in [-0.05, 0) is 12.8 Å². The van der Waals surface area contributed by atoms with Crippen molar-refractivity contribution < 1.29 is 29.4 Å². The van der Waals surface area contributed by atoms with Crippen LogP contribution in [0.3, 0.4) is 0 Å². The van der Waals surface area contributed by atoms with E-state index in [9.17, 15) is 19.2 Å². The van der Waals surface area contributed by atoms with Crippen LogP contribution in [0.1, 0.15) is 25.7 Å². The summed E-state index contributed by atoms with van der Waals surface area (Å²) in [6.45, 7) is 0. The normalized spacial score (nSPS) is 11.7. The highest BCUT2D eigenvalue weighted by Crippen LogP contribution is 2.13. The summed E-state index contributed by atoms with van der Waals surface area (Å²) < 4.78 is 0. The molecule has 2 N–H and O–H groups in total. The minimum absolute atomic E-state index is 0.0778. The van der Waals surface area contributed by atoms with Gasteiger partial charge < -0.3 is 10.2 Å². The number of carboxylic acid groups (broad SMARTS) is 2. The van der Waals surface area contributed by atoms with Gasteiger partial charge in [0.1, 0.15) is 0 Å². The van der Waals surface area contributed by atoms with Crippen molar-refractivity contribution in [3.05, 3.63) is 0 Å². The predicted molar refractivity (Wildman–Crippen MR) is 48.3 cm³/mol. The average Bonchev–Trinajstić information content (AvgIpc) is 2.14. The molecule has 0 fully saturated rings. The number of carbonyl (C=O) groups excluding carboxylic acids is 2. The number of rotatable bonds is 8. The van der Waals surface area contributed by atoms with Crippen molar-refractivity contribution in [2.45, 2.75) is 25.7 Å². The molecule has 0 bridgehead atoms. The fourth-order valence-corrected chi connectivity index (χ4v) is 1.15. The van der Waals surface area contributed by atoms with E-state index in [4.69, 9.17) is 10.2 Å². The maximum absolute atomic E-state index is 10.9. The Morgan fingerprint density at radius 2 is 1.73 bits per heavy atom.